The number of likely N-dealkylation sites (N-methyl/N-ethyl adjacent to an activating group) is 1. The van der Waals surface area contributed by atoms with Gasteiger partial charge in [0.2, 0.25) is 0 Å². The molecule has 1 aromatic carbocycles. The number of ether oxygens (including phenoxy) is 1. The summed E-state index contributed by atoms with van der Waals surface area (Å²) in [5, 5.41) is 17.7. The average molecular weight is 511 g/mol. The largest absolute Gasteiger partial charge is 0.489 e. The minimum atomic E-state index is 0.575. The van der Waals surface area contributed by atoms with Crippen LogP contribution in [0, 0.1) is 0 Å². The molecule has 1 aliphatic rings. The first-order chi connectivity index (χ1) is 18.6. The van der Waals surface area contributed by atoms with E-state index < -0.39 is 0 Å². The van der Waals surface area contributed by atoms with Crippen LogP contribution in [0.1, 0.15) is 11.4 Å². The van der Waals surface area contributed by atoms with Gasteiger partial charge in [-0.1, -0.05) is 18.2 Å². The third kappa shape index (κ3) is 5.38. The highest BCUT2D eigenvalue weighted by Gasteiger charge is 2.14. The van der Waals surface area contributed by atoms with E-state index in [9.17, 15) is 0 Å². The molecule has 0 atom stereocenters. The lowest BCUT2D eigenvalue weighted by Crippen LogP contribution is -2.45. The van der Waals surface area contributed by atoms with Crippen LogP contribution in [0.4, 0.5) is 0 Å². The van der Waals surface area contributed by atoms with E-state index >= 15 is 0 Å². The van der Waals surface area contributed by atoms with Gasteiger partial charge in [-0.15, -0.1) is 10.2 Å². The molecular weight excluding hydrogens is 480 g/mol. The van der Waals surface area contributed by atoms with Crippen molar-refractivity contribution in [3.05, 3.63) is 72.6 Å². The van der Waals surface area contributed by atoms with Crippen LogP contribution in [0.15, 0.2) is 61.2 Å². The van der Waals surface area contributed by atoms with E-state index in [1.165, 1.54) is 0 Å². The maximum atomic E-state index is 5.89. The number of aromatic nitrogens is 8. The van der Waals surface area contributed by atoms with Gasteiger partial charge in [-0.25, -0.2) is 9.97 Å². The highest BCUT2D eigenvalue weighted by atomic mass is 16.5. The molecule has 1 saturated heterocycles. The smallest absolute Gasteiger partial charge is 0.177 e. The zero-order chi connectivity index (χ0) is 25.9. The summed E-state index contributed by atoms with van der Waals surface area (Å²) in [5.41, 5.74) is 4.47. The number of nitrogens with zero attached hydrogens (tertiary/aromatic N) is 10. The lowest BCUT2D eigenvalue weighted by molar-refractivity contribution is 0.133. The van der Waals surface area contributed by atoms with Crippen molar-refractivity contribution < 1.29 is 4.74 Å². The monoisotopic (exact) mass is 510 g/mol. The number of rotatable bonds is 8. The summed E-state index contributed by atoms with van der Waals surface area (Å²) < 4.78 is 9.44. The third-order valence-corrected chi connectivity index (χ3v) is 6.78. The van der Waals surface area contributed by atoms with E-state index in [2.05, 4.69) is 54.2 Å². The molecule has 0 amide bonds. The molecule has 4 aromatic heterocycles. The molecular formula is C27H30N10O. The fraction of sp³-hybridized carbons (Fsp3) is 0.333. The van der Waals surface area contributed by atoms with Gasteiger partial charge in [-0.3, -0.25) is 9.58 Å². The Balaban J connectivity index is 1.12. The number of aryl methyl sites for hydroxylation is 1. The van der Waals surface area contributed by atoms with Crippen molar-refractivity contribution in [2.75, 3.05) is 46.4 Å². The van der Waals surface area contributed by atoms with Crippen LogP contribution in [0.2, 0.25) is 0 Å². The molecule has 6 rings (SSSR count). The van der Waals surface area contributed by atoms with Gasteiger partial charge in [-0.05, 0) is 30.8 Å². The molecule has 0 radical (unpaired) electrons. The Kier molecular flexibility index (Phi) is 6.76. The van der Waals surface area contributed by atoms with Crippen LogP contribution < -0.4 is 4.74 Å². The maximum absolute atomic E-state index is 5.89. The van der Waals surface area contributed by atoms with E-state index in [1.54, 1.807) is 27.8 Å². The van der Waals surface area contributed by atoms with Crippen LogP contribution in [-0.4, -0.2) is 95.7 Å². The molecule has 11 nitrogen and oxygen atoms in total. The van der Waals surface area contributed by atoms with Gasteiger partial charge >= 0.3 is 0 Å². The van der Waals surface area contributed by atoms with Crippen molar-refractivity contribution in [2.24, 2.45) is 7.05 Å². The molecule has 0 saturated carbocycles. The topological polar surface area (TPSA) is 102 Å². The molecule has 5 aromatic rings. The number of benzene rings is 1. The SMILES string of the molecule is CN1CCN(CCOc2cnc(-c3cccc(Cc4nnc5ccc(-c6cnn(C)c6)nn45)c3)nc2)CC1. The van der Waals surface area contributed by atoms with Gasteiger partial charge in [0, 0.05) is 63.5 Å². The minimum absolute atomic E-state index is 0.575. The molecule has 0 unspecified atom stereocenters. The summed E-state index contributed by atoms with van der Waals surface area (Å²) in [6.07, 6.45) is 7.80. The zero-order valence-electron chi connectivity index (χ0n) is 21.6. The average Bonchev–Trinajstić information content (AvgIpc) is 3.56. The molecule has 1 aliphatic heterocycles. The number of hydrogen-bond donors (Lipinski definition) is 0. The van der Waals surface area contributed by atoms with E-state index in [1.807, 2.05) is 37.5 Å². The first-order valence-corrected chi connectivity index (χ1v) is 12.8. The van der Waals surface area contributed by atoms with Crippen molar-refractivity contribution in [2.45, 2.75) is 6.42 Å². The Morgan fingerprint density at radius 2 is 1.74 bits per heavy atom. The highest BCUT2D eigenvalue weighted by molar-refractivity contribution is 5.59. The van der Waals surface area contributed by atoms with Crippen LogP contribution >= 0.6 is 0 Å². The zero-order valence-corrected chi connectivity index (χ0v) is 21.6. The van der Waals surface area contributed by atoms with Gasteiger partial charge in [0.15, 0.2) is 23.0 Å². The normalized spacial score (nSPS) is 14.8. The number of fused-ring (bicyclic) bond motifs is 1. The van der Waals surface area contributed by atoms with Crippen LogP contribution in [0.5, 0.6) is 5.75 Å². The second-order valence-electron chi connectivity index (χ2n) is 9.62. The standard InChI is InChI=1S/C27H30N10O/c1-34-8-10-36(11-9-34)12-13-38-23-17-28-27(29-18-23)21-5-3-4-20(14-21)15-26-32-31-25-7-6-24(33-37(25)26)22-16-30-35(2)19-22/h3-7,14,16-19H,8-13,15H2,1-2H3. The first kappa shape index (κ1) is 24.1. The predicted octanol–water partition coefficient (Wildman–Crippen LogP) is 2.20. The van der Waals surface area contributed by atoms with Crippen molar-refractivity contribution in [1.29, 1.82) is 0 Å². The van der Waals surface area contributed by atoms with Gasteiger partial charge in [-0.2, -0.15) is 14.7 Å². The predicted molar refractivity (Wildman–Crippen MR) is 143 cm³/mol. The Morgan fingerprint density at radius 3 is 2.53 bits per heavy atom. The lowest BCUT2D eigenvalue weighted by atomic mass is 10.1. The van der Waals surface area contributed by atoms with Crippen molar-refractivity contribution >= 4 is 5.65 Å². The molecule has 38 heavy (non-hydrogen) atoms. The quantitative estimate of drug-likeness (QED) is 0.311. The van der Waals surface area contributed by atoms with Crippen molar-refractivity contribution in [3.63, 3.8) is 0 Å². The van der Waals surface area contributed by atoms with E-state index in [0.717, 1.165) is 60.9 Å². The Bertz CT molecular complexity index is 1520. The van der Waals surface area contributed by atoms with E-state index in [-0.39, 0.29) is 0 Å². The Morgan fingerprint density at radius 1 is 0.895 bits per heavy atom. The van der Waals surface area contributed by atoms with Crippen molar-refractivity contribution in [1.82, 2.24) is 49.4 Å². The molecule has 11 heteroatoms. The Labute approximate surface area is 220 Å². The van der Waals surface area contributed by atoms with E-state index in [0.29, 0.717) is 30.2 Å². The molecule has 194 valence electrons. The van der Waals surface area contributed by atoms with Crippen LogP contribution in [0.3, 0.4) is 0 Å². The molecule has 0 aliphatic carbocycles. The molecule has 0 bridgehead atoms. The minimum Gasteiger partial charge on any atom is -0.489 e. The molecule has 1 fully saturated rings. The molecule has 0 N–H and O–H groups in total. The maximum Gasteiger partial charge on any atom is 0.177 e. The number of hydrogen-bond acceptors (Lipinski definition) is 9. The third-order valence-electron chi connectivity index (χ3n) is 6.78. The van der Waals surface area contributed by atoms with Crippen LogP contribution in [0.25, 0.3) is 28.3 Å². The summed E-state index contributed by atoms with van der Waals surface area (Å²) in [5.74, 6) is 2.10. The van der Waals surface area contributed by atoms with Crippen molar-refractivity contribution in [3.8, 4) is 28.4 Å². The van der Waals surface area contributed by atoms with Gasteiger partial charge in [0.25, 0.3) is 0 Å². The second kappa shape index (κ2) is 10.6. The second-order valence-corrected chi connectivity index (χ2v) is 9.62. The summed E-state index contributed by atoms with van der Waals surface area (Å²) in [6, 6.07) is 12.0. The number of piperazine rings is 1. The van der Waals surface area contributed by atoms with Gasteiger partial charge < -0.3 is 9.64 Å². The Hall–Kier alpha value is -4.22. The molecule has 0 spiro atoms. The summed E-state index contributed by atoms with van der Waals surface area (Å²) >= 11 is 0. The summed E-state index contributed by atoms with van der Waals surface area (Å²) in [6.45, 7) is 5.91. The van der Waals surface area contributed by atoms with Gasteiger partial charge in [0.05, 0.1) is 24.3 Å². The summed E-state index contributed by atoms with van der Waals surface area (Å²) in [4.78, 5) is 13.9. The lowest BCUT2D eigenvalue weighted by Gasteiger charge is -2.32. The summed E-state index contributed by atoms with van der Waals surface area (Å²) in [7, 11) is 4.05. The fourth-order valence-corrected chi connectivity index (χ4v) is 4.56. The molecule has 5 heterocycles. The van der Waals surface area contributed by atoms with Crippen LogP contribution in [-0.2, 0) is 13.5 Å². The highest BCUT2D eigenvalue weighted by Crippen LogP contribution is 2.21. The van der Waals surface area contributed by atoms with Gasteiger partial charge in [0.1, 0.15) is 6.61 Å². The first-order valence-electron chi connectivity index (χ1n) is 12.8. The fourth-order valence-electron chi connectivity index (χ4n) is 4.56. The van der Waals surface area contributed by atoms with E-state index in [4.69, 9.17) is 9.84 Å².